The molecule has 160 valence electrons. The fourth-order valence-corrected chi connectivity index (χ4v) is 3.46. The second-order valence-electron chi connectivity index (χ2n) is 6.42. The Morgan fingerprint density at radius 1 is 0.839 bits per heavy atom. The molecule has 0 aliphatic heterocycles. The number of carbonyl (C=O) groups is 2. The Bertz CT molecular complexity index is 1130. The third-order valence-corrected chi connectivity index (χ3v) is 5.09. The molecule has 5 nitrogen and oxygen atoms in total. The summed E-state index contributed by atoms with van der Waals surface area (Å²) in [5.74, 6) is -0.337. The van der Waals surface area contributed by atoms with Crippen molar-refractivity contribution in [2.45, 2.75) is 6.18 Å². The predicted octanol–water partition coefficient (Wildman–Crippen LogP) is 5.82. The van der Waals surface area contributed by atoms with Crippen LogP contribution in [0.15, 0.2) is 66.7 Å². The first-order valence-electron chi connectivity index (χ1n) is 8.91. The van der Waals surface area contributed by atoms with Gasteiger partial charge in [0.15, 0.2) is 0 Å². The van der Waals surface area contributed by atoms with E-state index in [1.165, 1.54) is 31.4 Å². The second kappa shape index (κ2) is 9.38. The average Bonchev–Trinajstić information content (AvgIpc) is 2.73. The highest BCUT2D eigenvalue weighted by molar-refractivity contribution is 14.1. The molecule has 31 heavy (non-hydrogen) atoms. The maximum atomic E-state index is 12.8. The van der Waals surface area contributed by atoms with Gasteiger partial charge in [0.25, 0.3) is 11.8 Å². The molecule has 0 aliphatic carbocycles. The Kier molecular flexibility index (Phi) is 6.84. The highest BCUT2D eigenvalue weighted by atomic mass is 127. The van der Waals surface area contributed by atoms with Gasteiger partial charge >= 0.3 is 6.18 Å². The quantitative estimate of drug-likeness (QED) is 0.401. The van der Waals surface area contributed by atoms with E-state index in [4.69, 9.17) is 4.74 Å². The van der Waals surface area contributed by atoms with Crippen molar-refractivity contribution in [3.8, 4) is 5.75 Å². The minimum absolute atomic E-state index is 0.0158. The molecule has 0 bridgehead atoms. The molecule has 0 heterocycles. The summed E-state index contributed by atoms with van der Waals surface area (Å²) in [5.41, 5.74) is 0.110. The van der Waals surface area contributed by atoms with E-state index < -0.39 is 17.6 Å². The van der Waals surface area contributed by atoms with Crippen LogP contribution in [0.1, 0.15) is 26.3 Å². The number of benzene rings is 3. The fraction of sp³-hybridized carbons (Fsp3) is 0.0909. The minimum Gasteiger partial charge on any atom is -0.496 e. The van der Waals surface area contributed by atoms with E-state index >= 15 is 0 Å². The topological polar surface area (TPSA) is 67.4 Å². The van der Waals surface area contributed by atoms with Crippen LogP contribution in [-0.2, 0) is 6.18 Å². The zero-order valence-electron chi connectivity index (χ0n) is 16.1. The van der Waals surface area contributed by atoms with Gasteiger partial charge in [0.1, 0.15) is 5.75 Å². The second-order valence-corrected chi connectivity index (χ2v) is 7.58. The van der Waals surface area contributed by atoms with Gasteiger partial charge < -0.3 is 15.4 Å². The molecule has 3 aromatic rings. The normalized spacial score (nSPS) is 11.0. The number of hydrogen-bond acceptors (Lipinski definition) is 3. The summed E-state index contributed by atoms with van der Waals surface area (Å²) >= 11 is 2.05. The third-order valence-electron chi connectivity index (χ3n) is 4.24. The highest BCUT2D eigenvalue weighted by Gasteiger charge is 2.30. The first-order valence-corrected chi connectivity index (χ1v) is 9.99. The predicted molar refractivity (Wildman–Crippen MR) is 120 cm³/mol. The number of methoxy groups -OCH3 is 1. The van der Waals surface area contributed by atoms with Gasteiger partial charge in [-0.3, -0.25) is 9.59 Å². The highest BCUT2D eigenvalue weighted by Crippen LogP contribution is 2.30. The molecular formula is C22H16F3IN2O3. The maximum absolute atomic E-state index is 12.8. The van der Waals surface area contributed by atoms with Crippen LogP contribution in [0.2, 0.25) is 0 Å². The molecule has 0 unspecified atom stereocenters. The Hall–Kier alpha value is -3.08. The van der Waals surface area contributed by atoms with E-state index in [1.807, 2.05) is 0 Å². The van der Waals surface area contributed by atoms with Gasteiger partial charge in [0.2, 0.25) is 0 Å². The number of anilines is 2. The smallest absolute Gasteiger partial charge is 0.416 e. The Labute approximate surface area is 189 Å². The van der Waals surface area contributed by atoms with Crippen molar-refractivity contribution < 1.29 is 27.5 Å². The number of nitrogens with one attached hydrogen (secondary N) is 2. The lowest BCUT2D eigenvalue weighted by atomic mass is 10.1. The third kappa shape index (κ3) is 5.75. The summed E-state index contributed by atoms with van der Waals surface area (Å²) in [5, 5.41) is 5.14. The summed E-state index contributed by atoms with van der Waals surface area (Å²) < 4.78 is 44.5. The first-order chi connectivity index (χ1) is 14.7. The van der Waals surface area contributed by atoms with Gasteiger partial charge in [0, 0.05) is 22.5 Å². The van der Waals surface area contributed by atoms with Crippen LogP contribution < -0.4 is 15.4 Å². The molecule has 0 radical (unpaired) electrons. The summed E-state index contributed by atoms with van der Waals surface area (Å²) in [4.78, 5) is 25.0. The largest absolute Gasteiger partial charge is 0.496 e. The Balaban J connectivity index is 1.73. The number of hydrogen-bond donors (Lipinski definition) is 2. The van der Waals surface area contributed by atoms with Crippen LogP contribution in [-0.4, -0.2) is 18.9 Å². The summed E-state index contributed by atoms with van der Waals surface area (Å²) in [7, 11) is 1.53. The zero-order valence-corrected chi connectivity index (χ0v) is 18.2. The average molecular weight is 540 g/mol. The van der Waals surface area contributed by atoms with E-state index in [2.05, 4.69) is 33.2 Å². The molecule has 3 rings (SSSR count). The standard InChI is InChI=1S/C22H16F3IN2O3/c1-31-19-9-8-14(11-18(19)26)21(30)27-16-6-2-4-13(10-16)20(29)28-17-7-3-5-15(12-17)22(23,24)25/h2-12H,1H3,(H,27,30)(H,28,29). The lowest BCUT2D eigenvalue weighted by Gasteiger charge is -2.11. The van der Waals surface area contributed by atoms with Gasteiger partial charge in [-0.05, 0) is 77.2 Å². The minimum atomic E-state index is -4.51. The van der Waals surface area contributed by atoms with Crippen LogP contribution in [0, 0.1) is 3.57 Å². The van der Waals surface area contributed by atoms with E-state index in [0.717, 1.165) is 15.7 Å². The van der Waals surface area contributed by atoms with Crippen LogP contribution >= 0.6 is 22.6 Å². The summed E-state index contributed by atoms with van der Waals surface area (Å²) in [6, 6.07) is 15.4. The first kappa shape index (κ1) is 22.6. The summed E-state index contributed by atoms with van der Waals surface area (Å²) in [6.45, 7) is 0. The van der Waals surface area contributed by atoms with E-state index in [1.54, 1.807) is 30.3 Å². The molecule has 0 aliphatic rings. The van der Waals surface area contributed by atoms with Crippen molar-refractivity contribution >= 4 is 45.8 Å². The zero-order chi connectivity index (χ0) is 22.6. The lowest BCUT2D eigenvalue weighted by molar-refractivity contribution is -0.137. The van der Waals surface area contributed by atoms with Crippen molar-refractivity contribution in [3.63, 3.8) is 0 Å². The maximum Gasteiger partial charge on any atom is 0.416 e. The van der Waals surface area contributed by atoms with Crippen molar-refractivity contribution in [3.05, 3.63) is 87.0 Å². The van der Waals surface area contributed by atoms with E-state index in [9.17, 15) is 22.8 Å². The van der Waals surface area contributed by atoms with Gasteiger partial charge in [-0.1, -0.05) is 12.1 Å². The molecule has 0 saturated heterocycles. The van der Waals surface area contributed by atoms with Crippen LogP contribution in [0.3, 0.4) is 0 Å². The molecule has 0 aromatic heterocycles. The molecule has 0 atom stereocenters. The van der Waals surface area contributed by atoms with Crippen LogP contribution in [0.25, 0.3) is 0 Å². The number of carbonyl (C=O) groups excluding carboxylic acids is 2. The molecule has 0 spiro atoms. The Morgan fingerprint density at radius 2 is 1.42 bits per heavy atom. The number of amides is 2. The van der Waals surface area contributed by atoms with Gasteiger partial charge in [-0.15, -0.1) is 0 Å². The van der Waals surface area contributed by atoms with Crippen molar-refractivity contribution in [1.82, 2.24) is 0 Å². The van der Waals surface area contributed by atoms with Gasteiger partial charge in [0.05, 0.1) is 16.2 Å². The van der Waals surface area contributed by atoms with Crippen molar-refractivity contribution in [2.24, 2.45) is 0 Å². The molecule has 2 amide bonds. The molecule has 9 heteroatoms. The number of halogens is 4. The van der Waals surface area contributed by atoms with E-state index in [0.29, 0.717) is 17.0 Å². The van der Waals surface area contributed by atoms with Crippen molar-refractivity contribution in [1.29, 1.82) is 0 Å². The summed E-state index contributed by atoms with van der Waals surface area (Å²) in [6.07, 6.45) is -4.51. The molecule has 2 N–H and O–H groups in total. The number of rotatable bonds is 5. The van der Waals surface area contributed by atoms with Crippen LogP contribution in [0.4, 0.5) is 24.5 Å². The lowest BCUT2D eigenvalue weighted by Crippen LogP contribution is -2.15. The molecule has 0 saturated carbocycles. The SMILES string of the molecule is COc1ccc(C(=O)Nc2cccc(C(=O)Nc3cccc(C(F)(F)F)c3)c2)cc1I. The van der Waals surface area contributed by atoms with Crippen molar-refractivity contribution in [2.75, 3.05) is 17.7 Å². The monoisotopic (exact) mass is 540 g/mol. The fourth-order valence-electron chi connectivity index (χ4n) is 2.73. The van der Waals surface area contributed by atoms with E-state index in [-0.39, 0.29) is 17.2 Å². The number of ether oxygens (including phenoxy) is 1. The van der Waals surface area contributed by atoms with Gasteiger partial charge in [-0.2, -0.15) is 13.2 Å². The Morgan fingerprint density at radius 3 is 2.00 bits per heavy atom. The molecule has 0 fully saturated rings. The number of alkyl halides is 3. The molecule has 3 aromatic carbocycles. The van der Waals surface area contributed by atoms with Crippen LogP contribution in [0.5, 0.6) is 5.75 Å². The molecular weight excluding hydrogens is 524 g/mol. The van der Waals surface area contributed by atoms with Gasteiger partial charge in [-0.25, -0.2) is 0 Å².